The van der Waals surface area contributed by atoms with Gasteiger partial charge in [0.25, 0.3) is 5.91 Å². The molecule has 0 saturated carbocycles. The predicted octanol–water partition coefficient (Wildman–Crippen LogP) is 2.66. The van der Waals surface area contributed by atoms with Crippen molar-refractivity contribution in [3.63, 3.8) is 0 Å². The summed E-state index contributed by atoms with van der Waals surface area (Å²) >= 11 is 0. The van der Waals surface area contributed by atoms with Crippen LogP contribution in [0, 0.1) is 27.7 Å². The molecule has 0 spiro atoms. The van der Waals surface area contributed by atoms with Gasteiger partial charge in [0.1, 0.15) is 0 Å². The highest BCUT2D eigenvalue weighted by Gasteiger charge is 2.16. The molecule has 4 heteroatoms. The van der Waals surface area contributed by atoms with Gasteiger partial charge >= 0.3 is 0 Å². The van der Waals surface area contributed by atoms with Crippen molar-refractivity contribution in [2.45, 2.75) is 27.7 Å². The minimum absolute atomic E-state index is 0.0148. The number of benzene rings is 1. The zero-order valence-electron chi connectivity index (χ0n) is 14.1. The van der Waals surface area contributed by atoms with Crippen LogP contribution in [-0.2, 0) is 0 Å². The number of amides is 1. The maximum atomic E-state index is 12.3. The second kappa shape index (κ2) is 6.79. The highest BCUT2D eigenvalue weighted by atomic mass is 16.1. The van der Waals surface area contributed by atoms with Crippen LogP contribution in [0.25, 0.3) is 5.69 Å². The molecular formula is C18H25N3O. The van der Waals surface area contributed by atoms with E-state index in [9.17, 15) is 4.79 Å². The van der Waals surface area contributed by atoms with Gasteiger partial charge in [-0.3, -0.25) is 4.79 Å². The molecule has 1 aromatic carbocycles. The summed E-state index contributed by atoms with van der Waals surface area (Å²) in [6.45, 7) is 9.61. The van der Waals surface area contributed by atoms with Crippen molar-refractivity contribution in [2.75, 3.05) is 20.1 Å². The van der Waals surface area contributed by atoms with Crippen molar-refractivity contribution in [3.8, 4) is 5.69 Å². The van der Waals surface area contributed by atoms with Gasteiger partial charge in [0.05, 0.1) is 5.56 Å². The highest BCUT2D eigenvalue weighted by molar-refractivity contribution is 5.95. The van der Waals surface area contributed by atoms with Crippen LogP contribution in [0.5, 0.6) is 0 Å². The Kier molecular flexibility index (Phi) is 5.03. The van der Waals surface area contributed by atoms with E-state index in [4.69, 9.17) is 0 Å². The molecule has 1 aromatic heterocycles. The zero-order chi connectivity index (χ0) is 16.3. The second-order valence-electron chi connectivity index (χ2n) is 5.83. The lowest BCUT2D eigenvalue weighted by Gasteiger charge is -2.12. The van der Waals surface area contributed by atoms with E-state index in [1.165, 1.54) is 11.1 Å². The number of aromatic nitrogens is 1. The molecule has 0 unspecified atom stereocenters. The fraction of sp³-hybridized carbons (Fsp3) is 0.389. The monoisotopic (exact) mass is 299 g/mol. The molecule has 1 amide bonds. The van der Waals surface area contributed by atoms with E-state index in [2.05, 4.69) is 47.2 Å². The largest absolute Gasteiger partial charge is 0.351 e. The molecule has 0 aliphatic heterocycles. The number of rotatable bonds is 5. The molecule has 0 atom stereocenters. The van der Waals surface area contributed by atoms with Gasteiger partial charge in [0, 0.05) is 30.2 Å². The van der Waals surface area contributed by atoms with E-state index in [1.54, 1.807) is 0 Å². The van der Waals surface area contributed by atoms with Crippen molar-refractivity contribution in [1.82, 2.24) is 15.2 Å². The molecule has 0 radical (unpaired) electrons. The van der Waals surface area contributed by atoms with Crippen molar-refractivity contribution in [2.24, 2.45) is 0 Å². The summed E-state index contributed by atoms with van der Waals surface area (Å²) in [6, 6.07) is 8.41. The molecule has 4 nitrogen and oxygen atoms in total. The topological polar surface area (TPSA) is 46.1 Å². The average molecular weight is 299 g/mol. The summed E-state index contributed by atoms with van der Waals surface area (Å²) in [5.41, 5.74) is 6.35. The molecule has 0 bridgehead atoms. The molecule has 0 saturated heterocycles. The molecule has 2 N–H and O–H groups in total. The van der Waals surface area contributed by atoms with Gasteiger partial charge < -0.3 is 15.2 Å². The van der Waals surface area contributed by atoms with Crippen molar-refractivity contribution in [3.05, 3.63) is 52.3 Å². The van der Waals surface area contributed by atoms with Gasteiger partial charge in [-0.2, -0.15) is 0 Å². The molecule has 2 aromatic rings. The summed E-state index contributed by atoms with van der Waals surface area (Å²) in [5.74, 6) is -0.0148. The minimum Gasteiger partial charge on any atom is -0.351 e. The molecule has 0 aliphatic rings. The summed E-state index contributed by atoms with van der Waals surface area (Å²) in [7, 11) is 1.87. The van der Waals surface area contributed by atoms with Crippen LogP contribution in [-0.4, -0.2) is 30.6 Å². The van der Waals surface area contributed by atoms with Gasteiger partial charge in [-0.05, 0) is 64.1 Å². The summed E-state index contributed by atoms with van der Waals surface area (Å²) in [6.07, 6.45) is 0. The van der Waals surface area contributed by atoms with E-state index in [-0.39, 0.29) is 5.91 Å². The first-order valence-electron chi connectivity index (χ1n) is 7.64. The van der Waals surface area contributed by atoms with Gasteiger partial charge in [0.15, 0.2) is 0 Å². The molecule has 118 valence electrons. The average Bonchev–Trinajstić information content (AvgIpc) is 2.73. The number of aryl methyl sites for hydroxylation is 3. The third-order valence-electron chi connectivity index (χ3n) is 3.80. The highest BCUT2D eigenvalue weighted by Crippen LogP contribution is 2.22. The number of nitrogens with zero attached hydrogens (tertiary/aromatic N) is 1. The van der Waals surface area contributed by atoms with E-state index in [0.717, 1.165) is 29.2 Å². The number of carbonyl (C=O) groups excluding carboxylic acids is 1. The van der Waals surface area contributed by atoms with Crippen LogP contribution in [0.15, 0.2) is 24.3 Å². The zero-order valence-corrected chi connectivity index (χ0v) is 14.1. The maximum absolute atomic E-state index is 12.3. The van der Waals surface area contributed by atoms with Crippen LogP contribution in [0.2, 0.25) is 0 Å². The predicted molar refractivity (Wildman–Crippen MR) is 91.0 cm³/mol. The fourth-order valence-electron chi connectivity index (χ4n) is 2.87. The molecule has 22 heavy (non-hydrogen) atoms. The summed E-state index contributed by atoms with van der Waals surface area (Å²) in [5, 5.41) is 5.96. The summed E-state index contributed by atoms with van der Waals surface area (Å²) in [4.78, 5) is 12.3. The van der Waals surface area contributed by atoms with Gasteiger partial charge in [-0.1, -0.05) is 6.07 Å². The SMILES string of the molecule is CNCCNC(=O)c1cc(C)n(-c2cc(C)cc(C)c2)c1C. The second-order valence-corrected chi connectivity index (χ2v) is 5.83. The lowest BCUT2D eigenvalue weighted by molar-refractivity contribution is 0.0953. The van der Waals surface area contributed by atoms with E-state index in [0.29, 0.717) is 6.54 Å². The molecule has 1 heterocycles. The Morgan fingerprint density at radius 1 is 1.00 bits per heavy atom. The Bertz CT molecular complexity index is 666. The first kappa shape index (κ1) is 16.3. The van der Waals surface area contributed by atoms with Gasteiger partial charge in [-0.15, -0.1) is 0 Å². The van der Waals surface area contributed by atoms with Crippen LogP contribution >= 0.6 is 0 Å². The summed E-state index contributed by atoms with van der Waals surface area (Å²) < 4.78 is 2.15. The van der Waals surface area contributed by atoms with Crippen LogP contribution < -0.4 is 10.6 Å². The smallest absolute Gasteiger partial charge is 0.253 e. The first-order valence-corrected chi connectivity index (χ1v) is 7.64. The lowest BCUT2D eigenvalue weighted by atomic mass is 10.1. The van der Waals surface area contributed by atoms with Crippen molar-refractivity contribution in [1.29, 1.82) is 0 Å². The quantitative estimate of drug-likeness (QED) is 0.834. The molecule has 2 rings (SSSR count). The third-order valence-corrected chi connectivity index (χ3v) is 3.80. The van der Waals surface area contributed by atoms with Crippen LogP contribution in [0.1, 0.15) is 32.9 Å². The lowest BCUT2D eigenvalue weighted by Crippen LogP contribution is -2.30. The standard InChI is InChI=1S/C18H25N3O/c1-12-8-13(2)10-16(9-12)21-14(3)11-17(15(21)4)18(22)20-7-6-19-5/h8-11,19H,6-7H2,1-5H3,(H,20,22). The number of likely N-dealkylation sites (N-methyl/N-ethyl adjacent to an activating group) is 1. The number of hydrogen-bond donors (Lipinski definition) is 2. The fourth-order valence-corrected chi connectivity index (χ4v) is 2.87. The van der Waals surface area contributed by atoms with Crippen molar-refractivity contribution >= 4 is 5.91 Å². The van der Waals surface area contributed by atoms with Gasteiger partial charge in [0.2, 0.25) is 0 Å². The normalized spacial score (nSPS) is 10.8. The Balaban J connectivity index is 2.36. The Morgan fingerprint density at radius 3 is 2.23 bits per heavy atom. The van der Waals surface area contributed by atoms with E-state index >= 15 is 0 Å². The Morgan fingerprint density at radius 2 is 1.64 bits per heavy atom. The van der Waals surface area contributed by atoms with Gasteiger partial charge in [-0.25, -0.2) is 0 Å². The molecular weight excluding hydrogens is 274 g/mol. The Labute approximate surface area is 132 Å². The molecule has 0 fully saturated rings. The number of hydrogen-bond acceptors (Lipinski definition) is 2. The van der Waals surface area contributed by atoms with E-state index < -0.39 is 0 Å². The molecule has 0 aliphatic carbocycles. The van der Waals surface area contributed by atoms with Crippen LogP contribution in [0.4, 0.5) is 0 Å². The first-order chi connectivity index (χ1) is 10.4. The maximum Gasteiger partial charge on any atom is 0.253 e. The minimum atomic E-state index is -0.0148. The number of carbonyl (C=O) groups is 1. The Hall–Kier alpha value is -2.07. The number of nitrogens with one attached hydrogen (secondary N) is 2. The van der Waals surface area contributed by atoms with Crippen LogP contribution in [0.3, 0.4) is 0 Å². The van der Waals surface area contributed by atoms with E-state index in [1.807, 2.05) is 27.0 Å². The van der Waals surface area contributed by atoms with Crippen molar-refractivity contribution < 1.29 is 4.79 Å². The third kappa shape index (κ3) is 3.39.